The van der Waals surface area contributed by atoms with E-state index in [1.54, 1.807) is 0 Å². The van der Waals surface area contributed by atoms with Crippen LogP contribution in [0.15, 0.2) is 34.9 Å². The van der Waals surface area contributed by atoms with E-state index in [9.17, 15) is 5.11 Å². The third-order valence-corrected chi connectivity index (χ3v) is 3.94. The van der Waals surface area contributed by atoms with Gasteiger partial charge >= 0.3 is 0 Å². The normalized spacial score (nSPS) is 19.8. The van der Waals surface area contributed by atoms with Gasteiger partial charge in [0.1, 0.15) is 0 Å². The predicted molar refractivity (Wildman–Crippen MR) is 78.6 cm³/mol. The first-order valence-corrected chi connectivity index (χ1v) is 7.52. The van der Waals surface area contributed by atoms with Crippen LogP contribution in [0.3, 0.4) is 0 Å². The van der Waals surface area contributed by atoms with Crippen LogP contribution in [-0.4, -0.2) is 39.8 Å². The third kappa shape index (κ3) is 3.89. The highest BCUT2D eigenvalue weighted by Gasteiger charge is 2.21. The van der Waals surface area contributed by atoms with Crippen LogP contribution < -0.4 is 0 Å². The molecule has 2 aromatic rings. The maximum absolute atomic E-state index is 9.27. The number of hydrogen-bond acceptors (Lipinski definition) is 5. The minimum absolute atomic E-state index is 0.263. The van der Waals surface area contributed by atoms with E-state index in [0.717, 1.165) is 31.8 Å². The van der Waals surface area contributed by atoms with Crippen LogP contribution >= 0.6 is 0 Å². The minimum atomic E-state index is 0.263. The molecule has 1 fully saturated rings. The lowest BCUT2D eigenvalue weighted by Crippen LogP contribution is -2.36. The van der Waals surface area contributed by atoms with E-state index < -0.39 is 0 Å². The monoisotopic (exact) mass is 287 g/mol. The number of hydrogen-bond donors (Lipinski definition) is 1. The molecule has 1 aliphatic heterocycles. The van der Waals surface area contributed by atoms with Crippen LogP contribution in [0.2, 0.25) is 0 Å². The number of aliphatic hydroxyl groups is 1. The van der Waals surface area contributed by atoms with E-state index in [1.165, 1.54) is 5.56 Å². The molecule has 0 amide bonds. The lowest BCUT2D eigenvalue weighted by atomic mass is 9.99. The zero-order valence-corrected chi connectivity index (χ0v) is 12.1. The summed E-state index contributed by atoms with van der Waals surface area (Å²) >= 11 is 0. The first-order chi connectivity index (χ1) is 10.3. The van der Waals surface area contributed by atoms with E-state index in [1.807, 2.05) is 18.2 Å². The molecule has 1 aromatic carbocycles. The summed E-state index contributed by atoms with van der Waals surface area (Å²) in [5.41, 5.74) is 1.18. The van der Waals surface area contributed by atoms with Crippen LogP contribution in [0, 0.1) is 5.92 Å². The summed E-state index contributed by atoms with van der Waals surface area (Å²) in [6.07, 6.45) is 2.93. The highest BCUT2D eigenvalue weighted by Crippen LogP contribution is 2.17. The van der Waals surface area contributed by atoms with Crippen molar-refractivity contribution in [3.63, 3.8) is 0 Å². The van der Waals surface area contributed by atoms with Crippen molar-refractivity contribution in [2.45, 2.75) is 25.8 Å². The Bertz CT molecular complexity index is 556. The Morgan fingerprint density at radius 1 is 1.29 bits per heavy atom. The summed E-state index contributed by atoms with van der Waals surface area (Å²) in [5.74, 6) is 1.77. The average molecular weight is 287 g/mol. The molecular formula is C16H21N3O2. The number of likely N-dealkylation sites (tertiary alicyclic amines) is 1. The number of benzene rings is 1. The van der Waals surface area contributed by atoms with Gasteiger partial charge in [0.15, 0.2) is 5.82 Å². The van der Waals surface area contributed by atoms with Gasteiger partial charge in [0.05, 0.1) is 6.54 Å². The maximum atomic E-state index is 9.27. The van der Waals surface area contributed by atoms with Gasteiger partial charge in [0, 0.05) is 19.6 Å². The first kappa shape index (κ1) is 14.2. The Labute approximate surface area is 124 Å². The van der Waals surface area contributed by atoms with E-state index in [-0.39, 0.29) is 6.61 Å². The Balaban J connectivity index is 1.57. The van der Waals surface area contributed by atoms with Gasteiger partial charge in [-0.05, 0) is 30.9 Å². The number of piperidine rings is 1. The smallest absolute Gasteiger partial charge is 0.240 e. The summed E-state index contributed by atoms with van der Waals surface area (Å²) in [7, 11) is 0. The van der Waals surface area contributed by atoms with Crippen molar-refractivity contribution in [3.05, 3.63) is 47.6 Å². The highest BCUT2D eigenvalue weighted by atomic mass is 16.5. The minimum Gasteiger partial charge on any atom is -0.396 e. The van der Waals surface area contributed by atoms with E-state index in [4.69, 9.17) is 4.52 Å². The van der Waals surface area contributed by atoms with E-state index >= 15 is 0 Å². The number of rotatable bonds is 5. The Morgan fingerprint density at radius 2 is 2.14 bits per heavy atom. The Hall–Kier alpha value is -1.72. The number of aromatic nitrogens is 2. The molecule has 0 bridgehead atoms. The molecule has 21 heavy (non-hydrogen) atoms. The van der Waals surface area contributed by atoms with Gasteiger partial charge in [-0.15, -0.1) is 0 Å². The summed E-state index contributed by atoms with van der Waals surface area (Å²) in [4.78, 5) is 6.75. The zero-order chi connectivity index (χ0) is 14.5. The molecule has 112 valence electrons. The fraction of sp³-hybridized carbons (Fsp3) is 0.500. The topological polar surface area (TPSA) is 62.4 Å². The molecule has 0 saturated carbocycles. The van der Waals surface area contributed by atoms with Crippen LogP contribution in [0.25, 0.3) is 0 Å². The summed E-state index contributed by atoms with van der Waals surface area (Å²) in [6, 6.07) is 10.1. The van der Waals surface area contributed by atoms with E-state index in [0.29, 0.717) is 24.8 Å². The van der Waals surface area contributed by atoms with Crippen molar-refractivity contribution in [3.8, 4) is 0 Å². The van der Waals surface area contributed by atoms with Crippen molar-refractivity contribution in [1.29, 1.82) is 0 Å². The Morgan fingerprint density at radius 3 is 2.95 bits per heavy atom. The highest BCUT2D eigenvalue weighted by molar-refractivity contribution is 5.18. The van der Waals surface area contributed by atoms with Gasteiger partial charge in [-0.2, -0.15) is 4.98 Å². The van der Waals surface area contributed by atoms with Crippen LogP contribution in [0.1, 0.15) is 30.1 Å². The molecule has 1 atom stereocenters. The molecule has 0 radical (unpaired) electrons. The molecule has 1 saturated heterocycles. The number of aliphatic hydroxyl groups excluding tert-OH is 1. The molecule has 2 heterocycles. The molecule has 1 aliphatic rings. The fourth-order valence-electron chi connectivity index (χ4n) is 2.84. The largest absolute Gasteiger partial charge is 0.396 e. The van der Waals surface area contributed by atoms with Crippen molar-refractivity contribution >= 4 is 0 Å². The molecule has 5 nitrogen and oxygen atoms in total. The van der Waals surface area contributed by atoms with E-state index in [2.05, 4.69) is 27.2 Å². The van der Waals surface area contributed by atoms with Crippen molar-refractivity contribution in [1.82, 2.24) is 15.0 Å². The summed E-state index contributed by atoms with van der Waals surface area (Å²) in [5, 5.41) is 13.3. The molecule has 0 spiro atoms. The molecule has 1 unspecified atom stereocenters. The SMILES string of the molecule is OCC1CCCN(Cc2nc(Cc3ccccc3)no2)C1. The van der Waals surface area contributed by atoms with Gasteiger partial charge in [0.2, 0.25) is 5.89 Å². The number of nitrogens with zero attached hydrogens (tertiary/aromatic N) is 3. The summed E-state index contributed by atoms with van der Waals surface area (Å²) < 4.78 is 5.34. The van der Waals surface area contributed by atoms with Gasteiger partial charge in [0.25, 0.3) is 0 Å². The van der Waals surface area contributed by atoms with Crippen LogP contribution in [0.5, 0.6) is 0 Å². The summed E-state index contributed by atoms with van der Waals surface area (Å²) in [6.45, 7) is 2.89. The van der Waals surface area contributed by atoms with Gasteiger partial charge in [-0.3, -0.25) is 4.90 Å². The zero-order valence-electron chi connectivity index (χ0n) is 12.1. The molecule has 0 aliphatic carbocycles. The van der Waals surface area contributed by atoms with Gasteiger partial charge in [-0.25, -0.2) is 0 Å². The Kier molecular flexibility index (Phi) is 4.62. The second-order valence-electron chi connectivity index (χ2n) is 5.69. The standard InChI is InChI=1S/C16H21N3O2/c20-12-14-7-4-8-19(10-14)11-16-17-15(18-21-16)9-13-5-2-1-3-6-13/h1-3,5-6,14,20H,4,7-12H2. The molecule has 1 aromatic heterocycles. The molecule has 3 rings (SSSR count). The second kappa shape index (κ2) is 6.83. The van der Waals surface area contributed by atoms with Crippen molar-refractivity contribution in [2.24, 2.45) is 5.92 Å². The second-order valence-corrected chi connectivity index (χ2v) is 5.69. The quantitative estimate of drug-likeness (QED) is 0.909. The maximum Gasteiger partial charge on any atom is 0.240 e. The first-order valence-electron chi connectivity index (χ1n) is 7.52. The van der Waals surface area contributed by atoms with Crippen molar-refractivity contribution in [2.75, 3.05) is 19.7 Å². The fourth-order valence-corrected chi connectivity index (χ4v) is 2.84. The van der Waals surface area contributed by atoms with Crippen LogP contribution in [0.4, 0.5) is 0 Å². The molecular weight excluding hydrogens is 266 g/mol. The predicted octanol–water partition coefficient (Wildman–Crippen LogP) is 1.86. The lowest BCUT2D eigenvalue weighted by molar-refractivity contribution is 0.107. The molecule has 5 heteroatoms. The van der Waals surface area contributed by atoms with Crippen molar-refractivity contribution < 1.29 is 9.63 Å². The van der Waals surface area contributed by atoms with Crippen LogP contribution in [-0.2, 0) is 13.0 Å². The average Bonchev–Trinajstić information content (AvgIpc) is 2.95. The molecule has 1 N–H and O–H groups in total. The third-order valence-electron chi connectivity index (χ3n) is 3.94. The lowest BCUT2D eigenvalue weighted by Gasteiger charge is -2.30. The van der Waals surface area contributed by atoms with Gasteiger partial charge in [-0.1, -0.05) is 35.5 Å². The van der Waals surface area contributed by atoms with Gasteiger partial charge < -0.3 is 9.63 Å².